The molecule has 1 atom stereocenters. The predicted molar refractivity (Wildman–Crippen MR) is 137 cm³/mol. The fraction of sp³-hybridized carbons (Fsp3) is 0.304. The van der Waals surface area contributed by atoms with E-state index < -0.39 is 21.5 Å². The van der Waals surface area contributed by atoms with E-state index in [1.807, 2.05) is 0 Å². The number of halogens is 1. The van der Waals surface area contributed by atoms with Crippen LogP contribution in [0.5, 0.6) is 0 Å². The standard InChI is InChI=1S/C23H23ClN6O4S2/c1-15(31)29-9-6-23(13-29)14-30(22(32)28-21-26-12-20(24)35-21)19-3-2-17(10-18(19)23)36(33,34)27-11-16-4-7-25-8-5-16/h2-5,7-8,10,12,27H,6,9,11,13-14H2,1H3,(H,26,28,32). The first-order chi connectivity index (χ1) is 17.2. The molecule has 1 aromatic carbocycles. The Bertz CT molecular complexity index is 1430. The lowest BCUT2D eigenvalue weighted by Crippen LogP contribution is -2.41. The largest absolute Gasteiger partial charge is 0.342 e. The number of sulfonamides is 1. The Balaban J connectivity index is 1.47. The number of carbonyl (C=O) groups is 2. The number of nitrogens with zero attached hydrogens (tertiary/aromatic N) is 4. The molecule has 36 heavy (non-hydrogen) atoms. The molecule has 1 spiro atoms. The van der Waals surface area contributed by atoms with Crippen LogP contribution in [0, 0.1) is 0 Å². The SMILES string of the molecule is CC(=O)N1CCC2(C1)CN(C(=O)Nc1ncc(Cl)s1)c1ccc(S(=O)(=O)NCc3ccncc3)cc12. The van der Waals surface area contributed by atoms with E-state index in [1.54, 1.807) is 46.5 Å². The van der Waals surface area contributed by atoms with Crippen molar-refractivity contribution in [1.29, 1.82) is 0 Å². The summed E-state index contributed by atoms with van der Waals surface area (Å²) in [6, 6.07) is 7.84. The molecule has 0 radical (unpaired) electrons. The van der Waals surface area contributed by atoms with Gasteiger partial charge in [-0.2, -0.15) is 0 Å². The number of aromatic nitrogens is 2. The van der Waals surface area contributed by atoms with Crippen LogP contribution in [0.3, 0.4) is 0 Å². The molecule has 2 N–H and O–H groups in total. The molecule has 2 aliphatic heterocycles. The molecular formula is C23H23ClN6O4S2. The van der Waals surface area contributed by atoms with Crippen LogP contribution in [0.2, 0.25) is 4.34 Å². The van der Waals surface area contributed by atoms with Gasteiger partial charge in [-0.15, -0.1) is 0 Å². The van der Waals surface area contributed by atoms with Gasteiger partial charge in [-0.3, -0.25) is 20.0 Å². The molecule has 3 aromatic rings. The third-order valence-corrected chi connectivity index (χ3v) is 8.98. The number of pyridine rings is 1. The van der Waals surface area contributed by atoms with Crippen molar-refractivity contribution in [3.63, 3.8) is 0 Å². The highest BCUT2D eigenvalue weighted by molar-refractivity contribution is 7.89. The summed E-state index contributed by atoms with van der Waals surface area (Å²) in [6.07, 6.45) is 5.27. The van der Waals surface area contributed by atoms with Gasteiger partial charge in [-0.05, 0) is 47.9 Å². The Hall–Kier alpha value is -3.06. The van der Waals surface area contributed by atoms with Crippen LogP contribution >= 0.6 is 22.9 Å². The fourth-order valence-electron chi connectivity index (χ4n) is 4.72. The van der Waals surface area contributed by atoms with Crippen LogP contribution in [0.25, 0.3) is 0 Å². The lowest BCUT2D eigenvalue weighted by Gasteiger charge is -2.25. The molecule has 0 aliphatic carbocycles. The van der Waals surface area contributed by atoms with Crippen molar-refractivity contribution in [3.8, 4) is 0 Å². The lowest BCUT2D eigenvalue weighted by atomic mass is 9.81. The van der Waals surface area contributed by atoms with Gasteiger partial charge in [0, 0.05) is 56.6 Å². The number of amides is 3. The van der Waals surface area contributed by atoms with Gasteiger partial charge in [-0.1, -0.05) is 22.9 Å². The van der Waals surface area contributed by atoms with E-state index in [4.69, 9.17) is 11.6 Å². The van der Waals surface area contributed by atoms with Gasteiger partial charge in [0.25, 0.3) is 0 Å². The van der Waals surface area contributed by atoms with Crippen molar-refractivity contribution >= 4 is 55.7 Å². The maximum atomic E-state index is 13.2. The third-order valence-electron chi connectivity index (χ3n) is 6.55. The van der Waals surface area contributed by atoms with Gasteiger partial charge in [0.05, 0.1) is 11.1 Å². The average molecular weight is 547 g/mol. The van der Waals surface area contributed by atoms with Crippen molar-refractivity contribution in [1.82, 2.24) is 19.6 Å². The number of rotatable bonds is 5. The summed E-state index contributed by atoms with van der Waals surface area (Å²) in [4.78, 5) is 36.7. The molecule has 1 fully saturated rings. The van der Waals surface area contributed by atoms with Crippen LogP contribution in [-0.4, -0.2) is 54.9 Å². The van der Waals surface area contributed by atoms with E-state index in [2.05, 4.69) is 20.0 Å². The second kappa shape index (κ2) is 9.43. The van der Waals surface area contributed by atoms with Gasteiger partial charge in [-0.25, -0.2) is 22.9 Å². The van der Waals surface area contributed by atoms with Crippen LogP contribution < -0.4 is 14.9 Å². The summed E-state index contributed by atoms with van der Waals surface area (Å²) in [6.45, 7) is 2.87. The number of fused-ring (bicyclic) bond motifs is 2. The molecule has 5 rings (SSSR count). The number of anilines is 2. The minimum absolute atomic E-state index is 0.0588. The van der Waals surface area contributed by atoms with Gasteiger partial charge in [0.15, 0.2) is 5.13 Å². The molecule has 0 saturated carbocycles. The Morgan fingerprint density at radius 3 is 2.64 bits per heavy atom. The van der Waals surface area contributed by atoms with Crippen LogP contribution in [-0.2, 0) is 26.8 Å². The van der Waals surface area contributed by atoms with E-state index in [-0.39, 0.29) is 17.3 Å². The second-order valence-electron chi connectivity index (χ2n) is 8.82. The molecule has 13 heteroatoms. The third kappa shape index (κ3) is 4.69. The number of carbonyl (C=O) groups excluding carboxylic acids is 2. The highest BCUT2D eigenvalue weighted by Crippen LogP contribution is 2.47. The molecule has 1 saturated heterocycles. The Morgan fingerprint density at radius 2 is 1.97 bits per heavy atom. The van der Waals surface area contributed by atoms with Crippen molar-refractivity contribution in [3.05, 3.63) is 64.4 Å². The number of thiazole rings is 1. The lowest BCUT2D eigenvalue weighted by molar-refractivity contribution is -0.127. The first-order valence-electron chi connectivity index (χ1n) is 11.2. The first-order valence-corrected chi connectivity index (χ1v) is 13.8. The predicted octanol–water partition coefficient (Wildman–Crippen LogP) is 3.21. The van der Waals surface area contributed by atoms with Gasteiger partial charge in [0.2, 0.25) is 15.9 Å². The Kier molecular flexibility index (Phi) is 6.45. The zero-order valence-corrected chi connectivity index (χ0v) is 21.7. The fourth-order valence-corrected chi connectivity index (χ4v) is 6.57. The maximum absolute atomic E-state index is 13.2. The van der Waals surface area contributed by atoms with Crippen molar-refractivity contribution < 1.29 is 18.0 Å². The number of nitrogens with one attached hydrogen (secondary N) is 2. The summed E-state index contributed by atoms with van der Waals surface area (Å²) >= 11 is 7.09. The summed E-state index contributed by atoms with van der Waals surface area (Å²) in [5, 5.41) is 3.13. The van der Waals surface area contributed by atoms with Crippen molar-refractivity contribution in [2.45, 2.75) is 30.2 Å². The first kappa shape index (κ1) is 24.6. The van der Waals surface area contributed by atoms with Crippen LogP contribution in [0.4, 0.5) is 15.6 Å². The van der Waals surface area contributed by atoms with E-state index in [1.165, 1.54) is 19.2 Å². The zero-order valence-electron chi connectivity index (χ0n) is 19.3. The molecule has 1 unspecified atom stereocenters. The van der Waals surface area contributed by atoms with Crippen LogP contribution in [0.15, 0.2) is 53.8 Å². The summed E-state index contributed by atoms with van der Waals surface area (Å²) in [5.41, 5.74) is 1.54. The number of likely N-dealkylation sites (tertiary alicyclic amines) is 1. The minimum atomic E-state index is -3.83. The number of hydrogen-bond donors (Lipinski definition) is 2. The van der Waals surface area contributed by atoms with Gasteiger partial charge >= 0.3 is 6.03 Å². The molecule has 2 aliphatic rings. The minimum Gasteiger partial charge on any atom is -0.342 e. The molecule has 0 bridgehead atoms. The molecule has 3 amide bonds. The quantitative estimate of drug-likeness (QED) is 0.506. The number of benzene rings is 1. The molecule has 4 heterocycles. The Labute approximate surface area is 217 Å². The number of hydrogen-bond acceptors (Lipinski definition) is 7. The monoisotopic (exact) mass is 546 g/mol. The molecular weight excluding hydrogens is 524 g/mol. The molecule has 2 aromatic heterocycles. The van der Waals surface area contributed by atoms with E-state index in [0.29, 0.717) is 41.2 Å². The second-order valence-corrected chi connectivity index (χ2v) is 12.2. The topological polar surface area (TPSA) is 125 Å². The molecule has 188 valence electrons. The highest BCUT2D eigenvalue weighted by Gasteiger charge is 2.50. The highest BCUT2D eigenvalue weighted by atomic mass is 35.5. The van der Waals surface area contributed by atoms with E-state index in [9.17, 15) is 18.0 Å². The summed E-state index contributed by atoms with van der Waals surface area (Å²) < 4.78 is 29.3. The Morgan fingerprint density at radius 1 is 1.19 bits per heavy atom. The molecule has 10 nitrogen and oxygen atoms in total. The normalized spacial score (nSPS) is 19.1. The zero-order chi connectivity index (χ0) is 25.5. The van der Waals surface area contributed by atoms with Crippen molar-refractivity contribution in [2.75, 3.05) is 29.9 Å². The maximum Gasteiger partial charge on any atom is 0.328 e. The number of urea groups is 1. The summed E-state index contributed by atoms with van der Waals surface area (Å²) in [7, 11) is -3.83. The summed E-state index contributed by atoms with van der Waals surface area (Å²) in [5.74, 6) is -0.0588. The van der Waals surface area contributed by atoms with Gasteiger partial charge < -0.3 is 4.90 Å². The van der Waals surface area contributed by atoms with Gasteiger partial charge in [0.1, 0.15) is 4.34 Å². The van der Waals surface area contributed by atoms with Crippen LogP contribution in [0.1, 0.15) is 24.5 Å². The van der Waals surface area contributed by atoms with E-state index >= 15 is 0 Å². The van der Waals surface area contributed by atoms with E-state index in [0.717, 1.165) is 22.5 Å². The average Bonchev–Trinajstić information content (AvgIpc) is 3.56. The smallest absolute Gasteiger partial charge is 0.328 e. The van der Waals surface area contributed by atoms with Crippen molar-refractivity contribution in [2.24, 2.45) is 0 Å².